The highest BCUT2D eigenvalue weighted by Gasteiger charge is 2.38. The lowest BCUT2D eigenvalue weighted by Crippen LogP contribution is -2.58. The molecule has 3 amide bonds. The van der Waals surface area contributed by atoms with Crippen LogP contribution >= 0.6 is 11.8 Å². The fourth-order valence-corrected chi connectivity index (χ4v) is 5.31. The molecular weight excluding hydrogens is 506 g/mol. The van der Waals surface area contributed by atoms with Crippen molar-refractivity contribution in [2.75, 3.05) is 18.6 Å². The highest BCUT2D eigenvalue weighted by molar-refractivity contribution is 7.98. The molecule has 10 nitrogen and oxygen atoms in total. The van der Waals surface area contributed by atoms with E-state index in [1.54, 1.807) is 18.0 Å². The molecule has 1 aromatic heterocycles. The van der Waals surface area contributed by atoms with Crippen LogP contribution in [0.5, 0.6) is 0 Å². The van der Waals surface area contributed by atoms with E-state index >= 15 is 0 Å². The maximum atomic E-state index is 13.3. The summed E-state index contributed by atoms with van der Waals surface area (Å²) in [6.45, 7) is 4.17. The molecule has 2 aromatic rings. The number of thioether (sulfide) groups is 1. The summed E-state index contributed by atoms with van der Waals surface area (Å²) in [5.41, 5.74) is 7.73. The maximum Gasteiger partial charge on any atom is 0.326 e. The standard InChI is InChI=1S/C27H39N5O5S/c1-4-16(2)23(31-24(33)22-10-7-12-32(22)26(35)19(28)11-13-38-3)25(34)30-21(27(36)37)14-17-15-29-20-9-6-5-8-18(17)20/h5-6,8-9,15-16,19,21-23,29H,4,7,10-14,28H2,1-3H3,(H,30,34)(H,31,33)(H,36,37). The van der Waals surface area contributed by atoms with Gasteiger partial charge in [-0.25, -0.2) is 4.79 Å². The molecule has 0 radical (unpaired) electrons. The summed E-state index contributed by atoms with van der Waals surface area (Å²) in [6.07, 6.45) is 6.05. The molecule has 1 saturated heterocycles. The Labute approximate surface area is 227 Å². The van der Waals surface area contributed by atoms with Gasteiger partial charge in [0.15, 0.2) is 0 Å². The van der Waals surface area contributed by atoms with Gasteiger partial charge >= 0.3 is 5.97 Å². The first-order chi connectivity index (χ1) is 18.2. The number of fused-ring (bicyclic) bond motifs is 1. The van der Waals surface area contributed by atoms with Crippen LogP contribution in [0.2, 0.25) is 0 Å². The van der Waals surface area contributed by atoms with Crippen LogP contribution in [-0.2, 0) is 25.6 Å². The van der Waals surface area contributed by atoms with E-state index in [2.05, 4.69) is 15.6 Å². The molecule has 3 rings (SSSR count). The predicted molar refractivity (Wildman–Crippen MR) is 149 cm³/mol. The van der Waals surface area contributed by atoms with Gasteiger partial charge in [0, 0.05) is 30.1 Å². The summed E-state index contributed by atoms with van der Waals surface area (Å²) < 4.78 is 0. The predicted octanol–water partition coefficient (Wildman–Crippen LogP) is 1.88. The molecule has 5 atom stereocenters. The number of aliphatic carboxylic acids is 1. The molecular formula is C27H39N5O5S. The van der Waals surface area contributed by atoms with Crippen LogP contribution in [0.1, 0.15) is 45.1 Å². The Morgan fingerprint density at radius 1 is 1.24 bits per heavy atom. The van der Waals surface area contributed by atoms with E-state index < -0.39 is 42.0 Å². The second-order valence-electron chi connectivity index (χ2n) is 9.91. The van der Waals surface area contributed by atoms with Crippen LogP contribution < -0.4 is 16.4 Å². The lowest BCUT2D eigenvalue weighted by atomic mass is 9.96. The smallest absolute Gasteiger partial charge is 0.326 e. The van der Waals surface area contributed by atoms with E-state index in [0.29, 0.717) is 32.2 Å². The number of H-pyrrole nitrogens is 1. The van der Waals surface area contributed by atoms with E-state index in [-0.39, 0.29) is 18.2 Å². The quantitative estimate of drug-likeness (QED) is 0.257. The van der Waals surface area contributed by atoms with Gasteiger partial charge in [-0.1, -0.05) is 38.5 Å². The molecule has 1 fully saturated rings. The summed E-state index contributed by atoms with van der Waals surface area (Å²) in [5.74, 6) is -1.91. The minimum absolute atomic E-state index is 0.0884. The second kappa shape index (κ2) is 13.7. The summed E-state index contributed by atoms with van der Waals surface area (Å²) in [6, 6.07) is 4.04. The van der Waals surface area contributed by atoms with E-state index in [4.69, 9.17) is 5.73 Å². The molecule has 0 bridgehead atoms. The summed E-state index contributed by atoms with van der Waals surface area (Å²) in [4.78, 5) is 56.3. The van der Waals surface area contributed by atoms with Crippen molar-refractivity contribution in [3.05, 3.63) is 36.0 Å². The van der Waals surface area contributed by atoms with E-state index in [1.165, 1.54) is 4.90 Å². The lowest BCUT2D eigenvalue weighted by molar-refractivity contribution is -0.143. The molecule has 38 heavy (non-hydrogen) atoms. The first-order valence-corrected chi connectivity index (χ1v) is 14.5. The van der Waals surface area contributed by atoms with Gasteiger partial charge in [0.25, 0.3) is 0 Å². The topological polar surface area (TPSA) is 158 Å². The molecule has 11 heteroatoms. The number of rotatable bonds is 13. The first kappa shape index (κ1) is 29.5. The van der Waals surface area contributed by atoms with Gasteiger partial charge < -0.3 is 31.4 Å². The number of carboxylic acid groups (broad SMARTS) is 1. The molecule has 5 unspecified atom stereocenters. The maximum absolute atomic E-state index is 13.3. The number of amides is 3. The number of nitrogens with two attached hydrogens (primary N) is 1. The molecule has 2 heterocycles. The molecule has 0 spiro atoms. The molecule has 208 valence electrons. The number of nitrogens with zero attached hydrogens (tertiary/aromatic N) is 1. The number of likely N-dealkylation sites (tertiary alicyclic amines) is 1. The Hall–Kier alpha value is -3.05. The zero-order chi connectivity index (χ0) is 27.8. The summed E-state index contributed by atoms with van der Waals surface area (Å²) in [7, 11) is 0. The Morgan fingerprint density at radius 2 is 1.97 bits per heavy atom. The van der Waals surface area contributed by atoms with Crippen molar-refractivity contribution in [2.45, 2.75) is 70.1 Å². The minimum atomic E-state index is -1.18. The van der Waals surface area contributed by atoms with Crippen molar-refractivity contribution in [1.82, 2.24) is 20.5 Å². The van der Waals surface area contributed by atoms with E-state index in [0.717, 1.165) is 22.2 Å². The number of nitrogens with one attached hydrogen (secondary N) is 3. The van der Waals surface area contributed by atoms with Crippen molar-refractivity contribution in [2.24, 2.45) is 11.7 Å². The molecule has 1 aliphatic rings. The highest BCUT2D eigenvalue weighted by atomic mass is 32.2. The average Bonchev–Trinajstić information content (AvgIpc) is 3.56. The van der Waals surface area contributed by atoms with Crippen LogP contribution in [0, 0.1) is 5.92 Å². The highest BCUT2D eigenvalue weighted by Crippen LogP contribution is 2.21. The summed E-state index contributed by atoms with van der Waals surface area (Å²) >= 11 is 1.60. The first-order valence-electron chi connectivity index (χ1n) is 13.1. The third kappa shape index (κ3) is 7.08. The Morgan fingerprint density at radius 3 is 2.66 bits per heavy atom. The molecule has 1 aliphatic heterocycles. The Kier molecular flexibility index (Phi) is 10.6. The second-order valence-corrected chi connectivity index (χ2v) is 10.9. The number of aromatic nitrogens is 1. The molecule has 0 saturated carbocycles. The van der Waals surface area contributed by atoms with Crippen LogP contribution in [0.15, 0.2) is 30.5 Å². The zero-order valence-electron chi connectivity index (χ0n) is 22.2. The van der Waals surface area contributed by atoms with Gasteiger partial charge in [-0.3, -0.25) is 14.4 Å². The molecule has 0 aliphatic carbocycles. The normalized spacial score (nSPS) is 18.5. The third-order valence-corrected chi connectivity index (χ3v) is 7.94. The fraction of sp³-hybridized carbons (Fsp3) is 0.556. The van der Waals surface area contributed by atoms with Crippen molar-refractivity contribution >= 4 is 46.4 Å². The van der Waals surface area contributed by atoms with Crippen LogP contribution in [-0.4, -0.2) is 81.4 Å². The zero-order valence-corrected chi connectivity index (χ0v) is 23.1. The van der Waals surface area contributed by atoms with Crippen molar-refractivity contribution < 1.29 is 24.3 Å². The number of aromatic amines is 1. The van der Waals surface area contributed by atoms with Gasteiger partial charge in [0.2, 0.25) is 17.7 Å². The number of hydrogen-bond acceptors (Lipinski definition) is 6. The average molecular weight is 546 g/mol. The number of hydrogen-bond donors (Lipinski definition) is 5. The van der Waals surface area contributed by atoms with Gasteiger partial charge in [0.1, 0.15) is 18.1 Å². The lowest BCUT2D eigenvalue weighted by Gasteiger charge is -2.30. The largest absolute Gasteiger partial charge is 0.480 e. The monoisotopic (exact) mass is 545 g/mol. The summed E-state index contributed by atoms with van der Waals surface area (Å²) in [5, 5.41) is 16.2. The Balaban J connectivity index is 1.71. The molecule has 6 N–H and O–H groups in total. The van der Waals surface area contributed by atoms with Crippen LogP contribution in [0.3, 0.4) is 0 Å². The van der Waals surface area contributed by atoms with Crippen molar-refractivity contribution in [1.29, 1.82) is 0 Å². The van der Waals surface area contributed by atoms with Gasteiger partial charge in [-0.05, 0) is 48.8 Å². The van der Waals surface area contributed by atoms with Gasteiger partial charge in [-0.2, -0.15) is 11.8 Å². The number of carbonyl (C=O) groups is 4. The number of para-hydroxylation sites is 1. The Bertz CT molecular complexity index is 1140. The number of carbonyl (C=O) groups excluding carboxylic acids is 3. The van der Waals surface area contributed by atoms with E-state index in [9.17, 15) is 24.3 Å². The van der Waals surface area contributed by atoms with Crippen molar-refractivity contribution in [3.8, 4) is 0 Å². The molecule has 1 aromatic carbocycles. The van der Waals surface area contributed by atoms with Gasteiger partial charge in [0.05, 0.1) is 6.04 Å². The minimum Gasteiger partial charge on any atom is -0.480 e. The third-order valence-electron chi connectivity index (χ3n) is 7.30. The van der Waals surface area contributed by atoms with Crippen molar-refractivity contribution in [3.63, 3.8) is 0 Å². The fourth-order valence-electron chi connectivity index (χ4n) is 4.82. The van der Waals surface area contributed by atoms with Gasteiger partial charge in [-0.15, -0.1) is 0 Å². The number of carboxylic acids is 1. The van der Waals surface area contributed by atoms with Crippen LogP contribution in [0.25, 0.3) is 10.9 Å². The van der Waals surface area contributed by atoms with Crippen LogP contribution in [0.4, 0.5) is 0 Å². The number of benzene rings is 1. The van der Waals surface area contributed by atoms with E-state index in [1.807, 2.05) is 44.4 Å². The SMILES string of the molecule is CCC(C)C(NC(=O)C1CCCN1C(=O)C(N)CCSC)C(=O)NC(Cc1c[nH]c2ccccc12)C(=O)O.